The zero-order valence-electron chi connectivity index (χ0n) is 10.2. The largest absolute Gasteiger partial charge is 0.396 e. The molecule has 3 nitrogen and oxygen atoms in total. The van der Waals surface area contributed by atoms with Gasteiger partial charge in [-0.25, -0.2) is 0 Å². The summed E-state index contributed by atoms with van der Waals surface area (Å²) in [6, 6.07) is 0. The Morgan fingerprint density at radius 3 is 2.20 bits per heavy atom. The molecule has 0 bridgehead atoms. The maximum Gasteiger partial charge on any atom is 0.0831 e. The lowest BCUT2D eigenvalue weighted by Gasteiger charge is -2.21. The van der Waals surface area contributed by atoms with Gasteiger partial charge in [0.1, 0.15) is 0 Å². The van der Waals surface area contributed by atoms with Gasteiger partial charge in [-0.2, -0.15) is 0 Å². The van der Waals surface area contributed by atoms with Crippen LogP contribution in [0, 0.1) is 0 Å². The lowest BCUT2D eigenvalue weighted by Crippen LogP contribution is -2.29. The minimum absolute atomic E-state index is 0.128. The molecule has 1 saturated heterocycles. The number of aliphatic hydroxyl groups excluding tert-OH is 1. The molecule has 0 aliphatic carbocycles. The van der Waals surface area contributed by atoms with Crippen LogP contribution in [0.3, 0.4) is 0 Å². The van der Waals surface area contributed by atoms with E-state index in [-0.39, 0.29) is 12.7 Å². The van der Waals surface area contributed by atoms with Gasteiger partial charge in [-0.05, 0) is 6.42 Å². The SMILES string of the molecule is CCCCCC.OCCC1COCCO1. The van der Waals surface area contributed by atoms with Gasteiger partial charge in [0.05, 0.1) is 25.9 Å². The standard InChI is InChI=1S/C6H12O3.C6H14/c7-2-1-6-5-8-3-4-9-6;1-3-5-6-4-2/h6-7H,1-5H2;3-6H2,1-2H3. The number of rotatable bonds is 5. The van der Waals surface area contributed by atoms with Gasteiger partial charge in [0.2, 0.25) is 0 Å². The molecule has 15 heavy (non-hydrogen) atoms. The molecule has 1 aliphatic rings. The summed E-state index contributed by atoms with van der Waals surface area (Å²) >= 11 is 0. The van der Waals surface area contributed by atoms with Crippen molar-refractivity contribution in [3.8, 4) is 0 Å². The third kappa shape index (κ3) is 10.2. The summed E-state index contributed by atoms with van der Waals surface area (Å²) in [7, 11) is 0. The Morgan fingerprint density at radius 1 is 1.13 bits per heavy atom. The molecular weight excluding hydrogens is 192 g/mol. The second-order valence-corrected chi connectivity index (χ2v) is 3.79. The highest BCUT2D eigenvalue weighted by Gasteiger charge is 2.12. The average molecular weight is 218 g/mol. The minimum Gasteiger partial charge on any atom is -0.396 e. The van der Waals surface area contributed by atoms with Crippen LogP contribution in [0.15, 0.2) is 0 Å². The molecule has 1 aliphatic heterocycles. The fourth-order valence-corrected chi connectivity index (χ4v) is 1.35. The Morgan fingerprint density at radius 2 is 1.80 bits per heavy atom. The monoisotopic (exact) mass is 218 g/mol. The van der Waals surface area contributed by atoms with E-state index in [1.54, 1.807) is 0 Å². The average Bonchev–Trinajstić information content (AvgIpc) is 2.29. The van der Waals surface area contributed by atoms with Gasteiger partial charge in [-0.15, -0.1) is 0 Å². The number of aliphatic hydroxyl groups is 1. The predicted molar refractivity (Wildman–Crippen MR) is 62.1 cm³/mol. The smallest absolute Gasteiger partial charge is 0.0831 e. The Labute approximate surface area is 93.8 Å². The first-order valence-corrected chi connectivity index (χ1v) is 6.15. The first kappa shape index (κ1) is 14.9. The van der Waals surface area contributed by atoms with Crippen LogP contribution >= 0.6 is 0 Å². The van der Waals surface area contributed by atoms with Crippen molar-refractivity contribution in [3.05, 3.63) is 0 Å². The maximum atomic E-state index is 8.48. The van der Waals surface area contributed by atoms with Crippen molar-refractivity contribution >= 4 is 0 Å². The molecule has 1 fully saturated rings. The predicted octanol–water partition coefficient (Wildman–Crippen LogP) is 2.37. The van der Waals surface area contributed by atoms with Gasteiger partial charge in [0, 0.05) is 6.61 Å². The van der Waals surface area contributed by atoms with Gasteiger partial charge in [0.25, 0.3) is 0 Å². The highest BCUT2D eigenvalue weighted by atomic mass is 16.6. The van der Waals surface area contributed by atoms with Crippen LogP contribution in [-0.4, -0.2) is 37.6 Å². The summed E-state index contributed by atoms with van der Waals surface area (Å²) in [6.45, 7) is 6.66. The van der Waals surface area contributed by atoms with E-state index >= 15 is 0 Å². The quantitative estimate of drug-likeness (QED) is 0.720. The second-order valence-electron chi connectivity index (χ2n) is 3.79. The molecule has 3 heteroatoms. The number of hydrogen-bond donors (Lipinski definition) is 1. The van der Waals surface area contributed by atoms with Gasteiger partial charge in [-0.1, -0.05) is 39.5 Å². The molecule has 1 unspecified atom stereocenters. The highest BCUT2D eigenvalue weighted by molar-refractivity contribution is 4.58. The van der Waals surface area contributed by atoms with Crippen molar-refractivity contribution in [3.63, 3.8) is 0 Å². The van der Waals surface area contributed by atoms with Crippen LogP contribution < -0.4 is 0 Å². The zero-order chi connectivity index (χ0) is 11.4. The second kappa shape index (κ2) is 12.0. The molecule has 0 radical (unpaired) electrons. The van der Waals surface area contributed by atoms with Crippen LogP contribution in [-0.2, 0) is 9.47 Å². The van der Waals surface area contributed by atoms with Crippen LogP contribution in [0.4, 0.5) is 0 Å². The molecular formula is C12H26O3. The van der Waals surface area contributed by atoms with Crippen LogP contribution in [0.2, 0.25) is 0 Å². The normalized spacial score (nSPS) is 20.6. The lowest BCUT2D eigenvalue weighted by atomic mass is 10.2. The topological polar surface area (TPSA) is 38.7 Å². The molecule has 0 aromatic rings. The molecule has 0 aromatic heterocycles. The maximum absolute atomic E-state index is 8.48. The van der Waals surface area contributed by atoms with E-state index in [2.05, 4.69) is 13.8 Å². The minimum atomic E-state index is 0.128. The van der Waals surface area contributed by atoms with Gasteiger partial charge in [-0.3, -0.25) is 0 Å². The molecule has 0 amide bonds. The molecule has 0 spiro atoms. The van der Waals surface area contributed by atoms with E-state index in [4.69, 9.17) is 14.6 Å². The summed E-state index contributed by atoms with van der Waals surface area (Å²) in [5, 5.41) is 8.48. The van der Waals surface area contributed by atoms with Crippen molar-refractivity contribution in [2.75, 3.05) is 26.4 Å². The number of ether oxygens (including phenoxy) is 2. The first-order valence-electron chi connectivity index (χ1n) is 6.15. The summed E-state index contributed by atoms with van der Waals surface area (Å²) in [5.74, 6) is 0. The zero-order valence-corrected chi connectivity index (χ0v) is 10.2. The molecule has 1 N–H and O–H groups in total. The van der Waals surface area contributed by atoms with E-state index in [1.165, 1.54) is 25.7 Å². The van der Waals surface area contributed by atoms with Crippen molar-refractivity contribution in [2.45, 2.75) is 52.1 Å². The van der Waals surface area contributed by atoms with Gasteiger partial charge in [0.15, 0.2) is 0 Å². The molecule has 1 heterocycles. The van der Waals surface area contributed by atoms with E-state index in [9.17, 15) is 0 Å². The molecule has 0 aromatic carbocycles. The Bertz CT molecular complexity index is 105. The van der Waals surface area contributed by atoms with E-state index in [0.29, 0.717) is 26.2 Å². The molecule has 1 rings (SSSR count). The third-order valence-electron chi connectivity index (χ3n) is 2.29. The van der Waals surface area contributed by atoms with E-state index < -0.39 is 0 Å². The van der Waals surface area contributed by atoms with E-state index in [1.807, 2.05) is 0 Å². The van der Waals surface area contributed by atoms with Crippen molar-refractivity contribution in [1.29, 1.82) is 0 Å². The molecule has 92 valence electrons. The summed E-state index contributed by atoms with van der Waals surface area (Å²) in [4.78, 5) is 0. The first-order chi connectivity index (χ1) is 7.35. The van der Waals surface area contributed by atoms with Crippen molar-refractivity contribution in [1.82, 2.24) is 0 Å². The molecule has 0 saturated carbocycles. The van der Waals surface area contributed by atoms with Crippen LogP contribution in [0.5, 0.6) is 0 Å². The third-order valence-corrected chi connectivity index (χ3v) is 2.29. The Balaban J connectivity index is 0.000000288. The van der Waals surface area contributed by atoms with Crippen LogP contribution in [0.1, 0.15) is 46.0 Å². The van der Waals surface area contributed by atoms with E-state index in [0.717, 1.165) is 0 Å². The summed E-state index contributed by atoms with van der Waals surface area (Å²) < 4.78 is 10.3. The number of unbranched alkanes of at least 4 members (excludes halogenated alkanes) is 3. The summed E-state index contributed by atoms with van der Waals surface area (Å²) in [5.41, 5.74) is 0. The Hall–Kier alpha value is -0.120. The molecule has 1 atom stereocenters. The van der Waals surface area contributed by atoms with Gasteiger partial charge >= 0.3 is 0 Å². The fraction of sp³-hybridized carbons (Fsp3) is 1.00. The van der Waals surface area contributed by atoms with Gasteiger partial charge < -0.3 is 14.6 Å². The Kier molecular flexibility index (Phi) is 11.9. The number of hydrogen-bond acceptors (Lipinski definition) is 3. The van der Waals surface area contributed by atoms with Crippen molar-refractivity contribution in [2.24, 2.45) is 0 Å². The van der Waals surface area contributed by atoms with Crippen LogP contribution in [0.25, 0.3) is 0 Å². The highest BCUT2D eigenvalue weighted by Crippen LogP contribution is 2.03. The fourth-order valence-electron chi connectivity index (χ4n) is 1.35. The lowest BCUT2D eigenvalue weighted by molar-refractivity contribution is -0.0943. The summed E-state index contributed by atoms with van der Waals surface area (Å²) in [6.07, 6.45) is 6.36. The van der Waals surface area contributed by atoms with Crippen molar-refractivity contribution < 1.29 is 14.6 Å².